The van der Waals surface area contributed by atoms with Crippen LogP contribution in [-0.4, -0.2) is 63.3 Å². The molecule has 3 rings (SSSR count). The summed E-state index contributed by atoms with van der Waals surface area (Å²) in [6.45, 7) is -1.75. The van der Waals surface area contributed by atoms with E-state index in [-0.39, 0.29) is 36.5 Å². The number of nitrogens with two attached hydrogens (primary N) is 2. The van der Waals surface area contributed by atoms with Gasteiger partial charge >= 0.3 is 18.2 Å². The molecule has 212 valence electrons. The van der Waals surface area contributed by atoms with Crippen LogP contribution in [0.5, 0.6) is 6.01 Å². The van der Waals surface area contributed by atoms with Crippen LogP contribution in [0.4, 0.5) is 30.8 Å². The molecule has 0 spiro atoms. The molecule has 40 heavy (non-hydrogen) atoms. The molecule has 2 aromatic carbocycles. The summed E-state index contributed by atoms with van der Waals surface area (Å²) in [5, 5.41) is 17.8. The lowest BCUT2D eigenvalue weighted by molar-refractivity contribution is -0.154. The second-order valence-corrected chi connectivity index (χ2v) is 8.42. The summed E-state index contributed by atoms with van der Waals surface area (Å²) in [5.41, 5.74) is 11.7. The molecule has 0 aliphatic rings. The molecule has 0 aliphatic carbocycles. The van der Waals surface area contributed by atoms with Crippen molar-refractivity contribution in [2.75, 3.05) is 23.8 Å². The van der Waals surface area contributed by atoms with Gasteiger partial charge in [-0.2, -0.15) is 28.1 Å². The number of carbonyl (C=O) groups excluding carboxylic acids is 1. The number of aliphatic imine (C=N–C) groups is 1. The van der Waals surface area contributed by atoms with Crippen molar-refractivity contribution >= 4 is 47.0 Å². The highest BCUT2D eigenvalue weighted by molar-refractivity contribution is 6.30. The number of guanidine groups is 1. The Morgan fingerprint density at radius 2 is 1.68 bits per heavy atom. The molecule has 0 aliphatic heterocycles. The highest BCUT2D eigenvalue weighted by Crippen LogP contribution is 2.21. The van der Waals surface area contributed by atoms with Gasteiger partial charge in [-0.3, -0.25) is 9.79 Å². The van der Waals surface area contributed by atoms with Crippen LogP contribution in [0.1, 0.15) is 15.9 Å². The zero-order valence-corrected chi connectivity index (χ0v) is 21.2. The van der Waals surface area contributed by atoms with E-state index in [2.05, 4.69) is 40.6 Å². The van der Waals surface area contributed by atoms with Crippen molar-refractivity contribution in [2.24, 2.45) is 16.5 Å². The summed E-state index contributed by atoms with van der Waals surface area (Å²) in [7, 11) is 0. The van der Waals surface area contributed by atoms with Crippen LogP contribution < -0.4 is 32.2 Å². The maximum Gasteiger partial charge on any atom is 0.422 e. The molecule has 0 saturated carbocycles. The highest BCUT2D eigenvalue weighted by Gasteiger charge is 2.29. The van der Waals surface area contributed by atoms with Crippen molar-refractivity contribution in [3.8, 4) is 6.01 Å². The smallest absolute Gasteiger partial charge is 0.422 e. The predicted molar refractivity (Wildman–Crippen MR) is 139 cm³/mol. The second kappa shape index (κ2) is 13.3. The fourth-order valence-corrected chi connectivity index (χ4v) is 3.07. The van der Waals surface area contributed by atoms with Crippen molar-refractivity contribution < 1.29 is 32.6 Å². The van der Waals surface area contributed by atoms with Crippen molar-refractivity contribution in [3.05, 3.63) is 64.7 Å². The third kappa shape index (κ3) is 9.79. The zero-order valence-electron chi connectivity index (χ0n) is 20.4. The molecule has 0 saturated heterocycles. The van der Waals surface area contributed by atoms with E-state index in [0.29, 0.717) is 10.7 Å². The average molecular weight is 582 g/mol. The van der Waals surface area contributed by atoms with Crippen LogP contribution in [0.15, 0.2) is 53.5 Å². The number of rotatable bonds is 12. The van der Waals surface area contributed by atoms with Crippen LogP contribution in [0.3, 0.4) is 0 Å². The van der Waals surface area contributed by atoms with E-state index >= 15 is 0 Å². The SMILES string of the molecule is NC(N)=NC[C@H](NC(=O)c1ccc(Nc2nc(NCc3ccc(Cl)cc3)nc(OCC(F)(F)F)n2)cc1)C(=O)O. The van der Waals surface area contributed by atoms with Gasteiger partial charge in [0, 0.05) is 22.8 Å². The first-order chi connectivity index (χ1) is 18.9. The van der Waals surface area contributed by atoms with Gasteiger partial charge in [0.15, 0.2) is 12.6 Å². The number of anilines is 3. The lowest BCUT2D eigenvalue weighted by atomic mass is 10.1. The summed E-state index contributed by atoms with van der Waals surface area (Å²) in [5.74, 6) is -2.59. The van der Waals surface area contributed by atoms with Crippen LogP contribution in [0.2, 0.25) is 5.02 Å². The van der Waals surface area contributed by atoms with Gasteiger partial charge < -0.3 is 37.3 Å². The molecule has 13 nitrogen and oxygen atoms in total. The number of carbonyl (C=O) groups is 2. The number of alkyl halides is 3. The summed E-state index contributed by atoms with van der Waals surface area (Å²) in [4.78, 5) is 39.3. The van der Waals surface area contributed by atoms with Crippen molar-refractivity contribution in [1.29, 1.82) is 0 Å². The van der Waals surface area contributed by atoms with Crippen LogP contribution in [-0.2, 0) is 11.3 Å². The summed E-state index contributed by atoms with van der Waals surface area (Å²) < 4.78 is 42.7. The predicted octanol–water partition coefficient (Wildman–Crippen LogP) is 2.28. The average Bonchev–Trinajstić information content (AvgIpc) is 2.89. The van der Waals surface area contributed by atoms with Gasteiger partial charge in [0.1, 0.15) is 6.04 Å². The lowest BCUT2D eigenvalue weighted by Gasteiger charge is -2.13. The molecule has 1 heterocycles. The molecule has 1 aromatic heterocycles. The number of aromatic nitrogens is 3. The molecule has 1 amide bonds. The fraction of sp³-hybridized carbons (Fsp3) is 0.217. The van der Waals surface area contributed by atoms with Crippen molar-refractivity contribution in [2.45, 2.75) is 18.8 Å². The summed E-state index contributed by atoms with van der Waals surface area (Å²) in [6.07, 6.45) is -4.61. The van der Waals surface area contributed by atoms with E-state index < -0.39 is 36.7 Å². The first-order valence-corrected chi connectivity index (χ1v) is 11.7. The largest absolute Gasteiger partial charge is 0.480 e. The molecule has 17 heteroatoms. The Labute approximate surface area is 229 Å². The first-order valence-electron chi connectivity index (χ1n) is 11.3. The van der Waals surface area contributed by atoms with Gasteiger partial charge in [-0.25, -0.2) is 4.79 Å². The zero-order chi connectivity index (χ0) is 29.3. The number of ether oxygens (including phenoxy) is 1. The molecule has 3 aromatic rings. The number of nitrogens with zero attached hydrogens (tertiary/aromatic N) is 4. The van der Waals surface area contributed by atoms with Gasteiger partial charge in [0.2, 0.25) is 11.9 Å². The van der Waals surface area contributed by atoms with Crippen LogP contribution in [0, 0.1) is 0 Å². The maximum absolute atomic E-state index is 12.7. The number of halogens is 4. The van der Waals surface area contributed by atoms with Gasteiger partial charge in [-0.05, 0) is 42.0 Å². The van der Waals surface area contributed by atoms with Crippen molar-refractivity contribution in [3.63, 3.8) is 0 Å². The monoisotopic (exact) mass is 581 g/mol. The van der Waals surface area contributed by atoms with Gasteiger partial charge in [-0.15, -0.1) is 0 Å². The normalized spacial score (nSPS) is 11.7. The fourth-order valence-electron chi connectivity index (χ4n) is 2.94. The minimum Gasteiger partial charge on any atom is -0.480 e. The Bertz CT molecular complexity index is 1350. The van der Waals surface area contributed by atoms with Gasteiger partial charge in [0.05, 0.1) is 6.54 Å². The Kier molecular flexibility index (Phi) is 9.86. The van der Waals surface area contributed by atoms with Crippen molar-refractivity contribution in [1.82, 2.24) is 20.3 Å². The molecule has 0 fully saturated rings. The van der Waals surface area contributed by atoms with E-state index in [0.717, 1.165) is 5.56 Å². The number of hydrogen-bond donors (Lipinski definition) is 6. The minimum absolute atomic E-state index is 0.0684. The molecule has 0 bridgehead atoms. The Hall–Kier alpha value is -4.86. The Morgan fingerprint density at radius 1 is 1.02 bits per heavy atom. The molecular weight excluding hydrogens is 559 g/mol. The Morgan fingerprint density at radius 3 is 2.27 bits per heavy atom. The number of nitrogens with one attached hydrogen (secondary N) is 3. The van der Waals surface area contributed by atoms with E-state index in [4.69, 9.17) is 23.1 Å². The Balaban J connectivity index is 1.73. The molecular formula is C23H23ClF3N9O4. The van der Waals surface area contributed by atoms with Gasteiger partial charge in [0.25, 0.3) is 5.91 Å². The number of carboxylic acids is 1. The summed E-state index contributed by atoms with van der Waals surface area (Å²) >= 11 is 5.87. The highest BCUT2D eigenvalue weighted by atomic mass is 35.5. The summed E-state index contributed by atoms with van der Waals surface area (Å²) in [6, 6.07) is 10.5. The number of amides is 1. The third-order valence-corrected chi connectivity index (χ3v) is 5.06. The number of benzene rings is 2. The molecule has 0 radical (unpaired) electrons. The molecule has 1 atom stereocenters. The topological polar surface area (TPSA) is 203 Å². The quantitative estimate of drug-likeness (QED) is 0.135. The third-order valence-electron chi connectivity index (χ3n) is 4.81. The lowest BCUT2D eigenvalue weighted by Crippen LogP contribution is -2.43. The number of hydrogen-bond acceptors (Lipinski definition) is 9. The van der Waals surface area contributed by atoms with E-state index in [1.54, 1.807) is 24.3 Å². The van der Waals surface area contributed by atoms with E-state index in [9.17, 15) is 27.9 Å². The minimum atomic E-state index is -4.61. The van der Waals surface area contributed by atoms with E-state index in [1.165, 1.54) is 24.3 Å². The number of aliphatic carboxylic acids is 1. The van der Waals surface area contributed by atoms with Crippen LogP contribution >= 0.6 is 11.6 Å². The van der Waals surface area contributed by atoms with Crippen LogP contribution in [0.25, 0.3) is 0 Å². The number of carboxylic acid groups (broad SMARTS) is 1. The first kappa shape index (κ1) is 29.7. The molecule has 8 N–H and O–H groups in total. The van der Waals surface area contributed by atoms with E-state index in [1.807, 2.05) is 0 Å². The standard InChI is InChI=1S/C23H23ClF3N9O4/c24-14-5-1-12(2-6-14)9-31-20-34-21(36-22(35-20)40-11-23(25,26)27)32-15-7-3-13(4-8-15)17(37)33-16(18(38)39)10-30-19(28)29/h1-8,16H,9-11H2,(H,33,37)(H,38,39)(H4,28,29,30)(H2,31,32,34,35,36)/t16-/m0/s1. The van der Waals surface area contributed by atoms with Gasteiger partial charge in [-0.1, -0.05) is 23.7 Å². The molecule has 0 unspecified atom stereocenters. The second-order valence-electron chi connectivity index (χ2n) is 7.98. The maximum atomic E-state index is 12.7.